The van der Waals surface area contributed by atoms with E-state index < -0.39 is 25.1 Å². The number of carbonyl (C=O) groups is 2. The number of rotatable bonds is 9. The van der Waals surface area contributed by atoms with Crippen molar-refractivity contribution < 1.29 is 24.4 Å². The number of carbonyl (C=O) groups excluding carboxylic acids is 1. The van der Waals surface area contributed by atoms with Crippen LogP contribution in [0.4, 0.5) is 0 Å². The quantitative estimate of drug-likeness (QED) is 0.299. The largest absolute Gasteiger partial charge is 0.481 e. The third kappa shape index (κ3) is 7.62. The summed E-state index contributed by atoms with van der Waals surface area (Å²) < 4.78 is 5.45. The Morgan fingerprint density at radius 3 is 2.52 bits per heavy atom. The molecule has 0 saturated carbocycles. The summed E-state index contributed by atoms with van der Waals surface area (Å²) in [6.45, 7) is 1.45. The van der Waals surface area contributed by atoms with Gasteiger partial charge in [0.25, 0.3) is 0 Å². The molecule has 5 N–H and O–H groups in total. The zero-order valence-electron chi connectivity index (χ0n) is 17.0. The van der Waals surface area contributed by atoms with Gasteiger partial charge in [0.15, 0.2) is 0 Å². The molecule has 1 aliphatic rings. The fourth-order valence-electron chi connectivity index (χ4n) is 3.36. The maximum Gasteiger partial charge on any atom is 0.478 e. The van der Waals surface area contributed by atoms with E-state index in [1.54, 1.807) is 0 Å². The van der Waals surface area contributed by atoms with Crippen LogP contribution in [0, 0.1) is 0 Å². The first-order valence-corrected chi connectivity index (χ1v) is 9.82. The van der Waals surface area contributed by atoms with Gasteiger partial charge in [0.1, 0.15) is 0 Å². The Labute approximate surface area is 171 Å². The number of carboxylic acid groups (broad SMARTS) is 1. The van der Waals surface area contributed by atoms with Crippen LogP contribution in [0.1, 0.15) is 36.0 Å². The van der Waals surface area contributed by atoms with Gasteiger partial charge in [-0.05, 0) is 43.6 Å². The smallest absolute Gasteiger partial charge is 0.478 e. The number of amides is 1. The average molecular weight is 403 g/mol. The lowest BCUT2D eigenvalue weighted by molar-refractivity contribution is -0.139. The van der Waals surface area contributed by atoms with Gasteiger partial charge in [-0.1, -0.05) is 30.4 Å². The van der Waals surface area contributed by atoms with Crippen LogP contribution in [0.25, 0.3) is 0 Å². The Kier molecular flexibility index (Phi) is 9.33. The van der Waals surface area contributed by atoms with Crippen molar-refractivity contribution in [2.24, 2.45) is 0 Å². The molecule has 158 valence electrons. The summed E-state index contributed by atoms with van der Waals surface area (Å²) in [4.78, 5) is 23.4. The first-order valence-electron chi connectivity index (χ1n) is 9.82. The Hall–Kier alpha value is -2.20. The molecule has 9 heteroatoms. The van der Waals surface area contributed by atoms with Crippen LogP contribution in [-0.4, -0.2) is 55.3 Å². The molecule has 0 aromatic heterocycles. The molecule has 2 atom stereocenters. The maximum absolute atomic E-state index is 12.5. The second-order valence-electron chi connectivity index (χ2n) is 7.20. The molecule has 29 heavy (non-hydrogen) atoms. The molecule has 1 heterocycles. The fourth-order valence-corrected chi connectivity index (χ4v) is 3.36. The molecule has 0 unspecified atom stereocenters. The zero-order chi connectivity index (χ0) is 21.2. The van der Waals surface area contributed by atoms with Crippen molar-refractivity contribution in [3.05, 3.63) is 47.0 Å². The van der Waals surface area contributed by atoms with E-state index in [4.69, 9.17) is 9.76 Å². The lowest BCUT2D eigenvalue weighted by Gasteiger charge is -2.25. The predicted octanol–water partition coefficient (Wildman–Crippen LogP) is 0.382. The highest BCUT2D eigenvalue weighted by Gasteiger charge is 2.32. The normalized spacial score (nSPS) is 20.6. The molecule has 2 rings (SSSR count). The van der Waals surface area contributed by atoms with E-state index in [0.717, 1.165) is 17.7 Å². The molecule has 0 spiro atoms. The molecule has 0 saturated heterocycles. The third-order valence-electron chi connectivity index (χ3n) is 4.75. The first kappa shape index (κ1) is 23.1. The second-order valence-corrected chi connectivity index (χ2v) is 7.20. The Morgan fingerprint density at radius 2 is 1.83 bits per heavy atom. The van der Waals surface area contributed by atoms with Crippen LogP contribution in [0.3, 0.4) is 0 Å². The number of aliphatic carboxylic acids is 1. The van der Waals surface area contributed by atoms with E-state index in [1.807, 2.05) is 44.4 Å². The van der Waals surface area contributed by atoms with Gasteiger partial charge >= 0.3 is 13.1 Å². The number of benzene rings is 1. The summed E-state index contributed by atoms with van der Waals surface area (Å²) in [5.74, 6) is -1.84. The lowest BCUT2D eigenvalue weighted by Crippen LogP contribution is -2.50. The van der Waals surface area contributed by atoms with Gasteiger partial charge in [-0.25, -0.2) is 0 Å². The molecular formula is C20H30BN3O5. The highest BCUT2D eigenvalue weighted by atomic mass is 16.5. The van der Waals surface area contributed by atoms with Gasteiger partial charge in [-0.2, -0.15) is 0 Å². The number of hydrogen-bond donors (Lipinski definition) is 5. The minimum absolute atomic E-state index is 0.183. The number of hydrogen-bond acceptors (Lipinski definition) is 6. The highest BCUT2D eigenvalue weighted by Crippen LogP contribution is 2.15. The van der Waals surface area contributed by atoms with Crippen LogP contribution in [0.15, 0.2) is 30.4 Å². The fraction of sp³-hybridized carbons (Fsp3) is 0.500. The van der Waals surface area contributed by atoms with E-state index in [0.29, 0.717) is 19.4 Å². The minimum atomic E-state index is -1.26. The molecule has 0 fully saturated rings. The lowest BCUT2D eigenvalue weighted by atomic mass is 9.75. The molecule has 1 aliphatic heterocycles. The van der Waals surface area contributed by atoms with E-state index in [1.165, 1.54) is 5.56 Å². The van der Waals surface area contributed by atoms with Crippen molar-refractivity contribution in [1.29, 1.82) is 0 Å². The van der Waals surface area contributed by atoms with Gasteiger partial charge < -0.3 is 30.7 Å². The molecule has 1 aromatic carbocycles. The molecule has 0 radical (unpaired) electrons. The van der Waals surface area contributed by atoms with Crippen molar-refractivity contribution in [2.45, 2.75) is 50.8 Å². The van der Waals surface area contributed by atoms with Crippen LogP contribution >= 0.6 is 0 Å². The predicted molar refractivity (Wildman–Crippen MR) is 111 cm³/mol. The summed E-state index contributed by atoms with van der Waals surface area (Å²) >= 11 is 0. The van der Waals surface area contributed by atoms with Crippen molar-refractivity contribution in [3.63, 3.8) is 0 Å². The van der Waals surface area contributed by atoms with Crippen molar-refractivity contribution in [2.75, 3.05) is 14.1 Å². The van der Waals surface area contributed by atoms with Crippen molar-refractivity contribution in [1.82, 2.24) is 16.0 Å². The number of carboxylic acids is 1. The average Bonchev–Trinajstić information content (AvgIpc) is 2.64. The van der Waals surface area contributed by atoms with Gasteiger partial charge in [0, 0.05) is 13.1 Å². The maximum atomic E-state index is 12.5. The summed E-state index contributed by atoms with van der Waals surface area (Å²) in [7, 11) is 2.51. The van der Waals surface area contributed by atoms with Crippen molar-refractivity contribution >= 4 is 19.0 Å². The van der Waals surface area contributed by atoms with E-state index in [9.17, 15) is 14.6 Å². The van der Waals surface area contributed by atoms with E-state index in [-0.39, 0.29) is 18.7 Å². The first-order chi connectivity index (χ1) is 13.9. The van der Waals surface area contributed by atoms with Crippen LogP contribution in [-0.2, 0) is 33.8 Å². The van der Waals surface area contributed by atoms with Crippen LogP contribution in [0.2, 0.25) is 0 Å². The zero-order valence-corrected chi connectivity index (χ0v) is 17.0. The molecule has 8 nitrogen and oxygen atoms in total. The van der Waals surface area contributed by atoms with Crippen LogP contribution in [0.5, 0.6) is 0 Å². The van der Waals surface area contributed by atoms with E-state index >= 15 is 0 Å². The van der Waals surface area contributed by atoms with Gasteiger partial charge in [-0.15, -0.1) is 0 Å². The Morgan fingerprint density at radius 1 is 1.14 bits per heavy atom. The molecule has 0 aliphatic carbocycles. The van der Waals surface area contributed by atoms with Crippen molar-refractivity contribution in [3.8, 4) is 0 Å². The topological polar surface area (TPSA) is 120 Å². The molecular weight excluding hydrogens is 373 g/mol. The summed E-state index contributed by atoms with van der Waals surface area (Å²) in [6.07, 6.45) is 3.85. The highest BCUT2D eigenvalue weighted by molar-refractivity contribution is 6.45. The van der Waals surface area contributed by atoms with Gasteiger partial charge in [-0.3, -0.25) is 9.59 Å². The van der Waals surface area contributed by atoms with Gasteiger partial charge in [0.05, 0.1) is 24.9 Å². The molecule has 0 bridgehead atoms. The monoisotopic (exact) mass is 403 g/mol. The Bertz CT molecular complexity index is 728. The molecule has 1 amide bonds. The minimum Gasteiger partial charge on any atom is -0.481 e. The summed E-state index contributed by atoms with van der Waals surface area (Å²) in [6, 6.07) is 5.95. The number of nitrogens with one attached hydrogen (secondary N) is 3. The SMILES string of the molecule is CNCc1ccc(CC(=O)N[C@H]2C/C=C\C[C@H](CC(=O)O)OB2O)cc1CNC. The standard InChI is InChI=1S/C20H30BN3O5/c1-22-12-15-8-7-14(9-16(15)13-23-2)10-19(25)24-18-6-4-3-5-17(11-20(26)27)29-21(18)28/h3-4,7-9,17-18,22-23,28H,5-6,10-13H2,1-2H3,(H,24,25)(H,26,27)/b4-3-/t17-,18+/m1/s1. The molecule has 1 aromatic rings. The summed E-state index contributed by atoms with van der Waals surface area (Å²) in [5.41, 5.74) is 3.18. The second kappa shape index (κ2) is 11.7. The van der Waals surface area contributed by atoms with E-state index in [2.05, 4.69) is 16.0 Å². The summed E-state index contributed by atoms with van der Waals surface area (Å²) in [5, 5.41) is 28.3. The van der Waals surface area contributed by atoms with Crippen LogP contribution < -0.4 is 16.0 Å². The van der Waals surface area contributed by atoms with Gasteiger partial charge in [0.2, 0.25) is 5.91 Å². The Balaban J connectivity index is 2.00. The third-order valence-corrected chi connectivity index (χ3v) is 4.75.